The zero-order chi connectivity index (χ0) is 15.8. The maximum Gasteiger partial charge on any atom is 0.405 e. The molecule has 2 atom stereocenters. The van der Waals surface area contributed by atoms with Gasteiger partial charge in [-0.2, -0.15) is 0 Å². The molecule has 0 spiro atoms. The molecule has 1 aliphatic heterocycles. The molecule has 1 aromatic rings. The molecule has 1 aliphatic rings. The zero-order valence-electron chi connectivity index (χ0n) is 12.7. The molecule has 0 saturated heterocycles. The monoisotopic (exact) mass is 294 g/mol. The van der Waals surface area contributed by atoms with Crippen LogP contribution in [-0.4, -0.2) is 28.9 Å². The number of carbonyl (C=O) groups excluding carboxylic acids is 1. The normalized spacial score (nSPS) is 23.1. The standard InChI is InChI=1S/C15H22N2O4/c1-8(2)17-9-5-6-10-11(7-9)21-15(3,4)13(18)12(10)20-14(16)19/h5-8,12-13,17-18H,1-4H3,(H2,16,19). The molecule has 1 amide bonds. The van der Waals surface area contributed by atoms with Gasteiger partial charge in [0.15, 0.2) is 6.10 Å². The van der Waals surface area contributed by atoms with E-state index in [0.29, 0.717) is 11.3 Å². The van der Waals surface area contributed by atoms with Crippen molar-refractivity contribution in [3.63, 3.8) is 0 Å². The summed E-state index contributed by atoms with van der Waals surface area (Å²) in [4.78, 5) is 11.1. The van der Waals surface area contributed by atoms with E-state index in [4.69, 9.17) is 15.2 Å². The van der Waals surface area contributed by atoms with Gasteiger partial charge in [-0.25, -0.2) is 4.79 Å². The van der Waals surface area contributed by atoms with Gasteiger partial charge in [0.25, 0.3) is 0 Å². The van der Waals surface area contributed by atoms with Gasteiger partial charge < -0.3 is 25.6 Å². The number of carbonyl (C=O) groups is 1. The molecule has 0 aromatic heterocycles. The lowest BCUT2D eigenvalue weighted by molar-refractivity contribution is -0.112. The first-order valence-electron chi connectivity index (χ1n) is 6.94. The Kier molecular flexibility index (Phi) is 4.00. The quantitative estimate of drug-likeness (QED) is 0.794. The van der Waals surface area contributed by atoms with Crippen LogP contribution < -0.4 is 15.8 Å². The fourth-order valence-corrected chi connectivity index (χ4v) is 2.41. The predicted molar refractivity (Wildman–Crippen MR) is 79.3 cm³/mol. The predicted octanol–water partition coefficient (Wildman–Crippen LogP) is 2.18. The minimum Gasteiger partial charge on any atom is -0.484 e. The van der Waals surface area contributed by atoms with E-state index in [1.807, 2.05) is 26.0 Å². The summed E-state index contributed by atoms with van der Waals surface area (Å²) in [6.45, 7) is 7.54. The van der Waals surface area contributed by atoms with Gasteiger partial charge in [0.05, 0.1) is 0 Å². The van der Waals surface area contributed by atoms with E-state index >= 15 is 0 Å². The number of aliphatic hydroxyl groups is 1. The second kappa shape index (κ2) is 5.44. The molecule has 2 rings (SSSR count). The molecule has 0 saturated carbocycles. The Bertz CT molecular complexity index is 542. The third kappa shape index (κ3) is 3.21. The topological polar surface area (TPSA) is 93.8 Å². The van der Waals surface area contributed by atoms with Gasteiger partial charge in [-0.05, 0) is 39.8 Å². The minimum atomic E-state index is -0.999. The van der Waals surface area contributed by atoms with Gasteiger partial charge in [-0.1, -0.05) is 0 Å². The third-order valence-corrected chi connectivity index (χ3v) is 3.39. The number of hydrogen-bond donors (Lipinski definition) is 3. The number of nitrogens with two attached hydrogens (primary N) is 1. The first kappa shape index (κ1) is 15.4. The highest BCUT2D eigenvalue weighted by Gasteiger charge is 2.45. The van der Waals surface area contributed by atoms with Gasteiger partial charge in [-0.3, -0.25) is 0 Å². The van der Waals surface area contributed by atoms with Crippen LogP contribution in [0.15, 0.2) is 18.2 Å². The van der Waals surface area contributed by atoms with E-state index in [9.17, 15) is 9.90 Å². The molecule has 1 aromatic carbocycles. The third-order valence-electron chi connectivity index (χ3n) is 3.39. The summed E-state index contributed by atoms with van der Waals surface area (Å²) in [5, 5.41) is 13.6. The second-order valence-electron chi connectivity index (χ2n) is 6.06. The first-order valence-corrected chi connectivity index (χ1v) is 6.94. The van der Waals surface area contributed by atoms with Crippen LogP contribution in [0.1, 0.15) is 39.4 Å². The lowest BCUT2D eigenvalue weighted by Crippen LogP contribution is -2.50. The average molecular weight is 294 g/mol. The van der Waals surface area contributed by atoms with Crippen LogP contribution >= 0.6 is 0 Å². The number of aliphatic hydroxyl groups excluding tert-OH is 1. The van der Waals surface area contributed by atoms with E-state index in [1.165, 1.54) is 0 Å². The first-order chi connectivity index (χ1) is 9.70. The summed E-state index contributed by atoms with van der Waals surface area (Å²) in [6, 6.07) is 5.74. The number of hydrogen-bond acceptors (Lipinski definition) is 5. The largest absolute Gasteiger partial charge is 0.484 e. The number of fused-ring (bicyclic) bond motifs is 1. The molecule has 1 heterocycles. The molecule has 116 valence electrons. The summed E-state index contributed by atoms with van der Waals surface area (Å²) < 4.78 is 10.9. The average Bonchev–Trinajstić information content (AvgIpc) is 2.33. The van der Waals surface area contributed by atoms with Gasteiger partial charge in [-0.15, -0.1) is 0 Å². The van der Waals surface area contributed by atoms with E-state index in [2.05, 4.69) is 5.32 Å². The number of rotatable bonds is 3. The lowest BCUT2D eigenvalue weighted by Gasteiger charge is -2.41. The Hall–Kier alpha value is -1.95. The van der Waals surface area contributed by atoms with Crippen molar-refractivity contribution in [2.75, 3.05) is 5.32 Å². The Balaban J connectivity index is 2.41. The van der Waals surface area contributed by atoms with Crippen molar-refractivity contribution >= 4 is 11.8 Å². The molecule has 4 N–H and O–H groups in total. The van der Waals surface area contributed by atoms with Crippen LogP contribution in [0.5, 0.6) is 5.75 Å². The van der Waals surface area contributed by atoms with Gasteiger partial charge in [0.1, 0.15) is 17.5 Å². The van der Waals surface area contributed by atoms with Crippen molar-refractivity contribution in [1.29, 1.82) is 0 Å². The number of amides is 1. The van der Waals surface area contributed by atoms with Gasteiger partial charge >= 0.3 is 6.09 Å². The number of ether oxygens (including phenoxy) is 2. The summed E-state index contributed by atoms with van der Waals surface area (Å²) in [5.74, 6) is 0.571. The molecule has 6 heteroatoms. The van der Waals surface area contributed by atoms with Crippen LogP contribution in [0.25, 0.3) is 0 Å². The molecule has 6 nitrogen and oxygen atoms in total. The molecule has 0 fully saturated rings. The summed E-state index contributed by atoms with van der Waals surface area (Å²) >= 11 is 0. The molecular weight excluding hydrogens is 272 g/mol. The van der Waals surface area contributed by atoms with Gasteiger partial charge in [0.2, 0.25) is 0 Å². The smallest absolute Gasteiger partial charge is 0.405 e. The highest BCUT2D eigenvalue weighted by atomic mass is 16.6. The van der Waals surface area contributed by atoms with Crippen molar-refractivity contribution in [2.45, 2.75) is 51.5 Å². The summed E-state index contributed by atoms with van der Waals surface area (Å²) in [6.07, 6.45) is -2.76. The molecular formula is C15H22N2O4. The van der Waals surface area contributed by atoms with Crippen LogP contribution in [0.3, 0.4) is 0 Å². The van der Waals surface area contributed by atoms with E-state index in [-0.39, 0.29) is 6.04 Å². The lowest BCUT2D eigenvalue weighted by atomic mass is 9.88. The maximum atomic E-state index is 11.1. The fourth-order valence-electron chi connectivity index (χ4n) is 2.41. The number of nitrogens with one attached hydrogen (secondary N) is 1. The number of benzene rings is 1. The van der Waals surface area contributed by atoms with Crippen molar-refractivity contribution in [3.05, 3.63) is 23.8 Å². The Morgan fingerprint density at radius 2 is 2.14 bits per heavy atom. The maximum absolute atomic E-state index is 11.1. The molecule has 0 aliphatic carbocycles. The Labute approximate surface area is 124 Å². The summed E-state index contributed by atoms with van der Waals surface area (Å²) in [5.41, 5.74) is 5.72. The molecule has 2 unspecified atom stereocenters. The Morgan fingerprint density at radius 1 is 1.48 bits per heavy atom. The van der Waals surface area contributed by atoms with E-state index < -0.39 is 23.9 Å². The van der Waals surface area contributed by atoms with Crippen molar-refractivity contribution in [2.24, 2.45) is 5.73 Å². The fraction of sp³-hybridized carbons (Fsp3) is 0.533. The van der Waals surface area contributed by atoms with Gasteiger partial charge in [0, 0.05) is 23.4 Å². The molecule has 0 bridgehead atoms. The summed E-state index contributed by atoms with van der Waals surface area (Å²) in [7, 11) is 0. The molecule has 0 radical (unpaired) electrons. The highest BCUT2D eigenvalue weighted by Crippen LogP contribution is 2.42. The Morgan fingerprint density at radius 3 is 2.71 bits per heavy atom. The van der Waals surface area contributed by atoms with Crippen molar-refractivity contribution < 1.29 is 19.4 Å². The van der Waals surface area contributed by atoms with Crippen LogP contribution in [0, 0.1) is 0 Å². The number of anilines is 1. The van der Waals surface area contributed by atoms with Crippen LogP contribution in [-0.2, 0) is 4.74 Å². The second-order valence-corrected chi connectivity index (χ2v) is 6.06. The van der Waals surface area contributed by atoms with Crippen LogP contribution in [0.2, 0.25) is 0 Å². The molecule has 21 heavy (non-hydrogen) atoms. The van der Waals surface area contributed by atoms with Crippen LogP contribution in [0.4, 0.5) is 10.5 Å². The van der Waals surface area contributed by atoms with Crippen molar-refractivity contribution in [3.8, 4) is 5.75 Å². The SMILES string of the molecule is CC(C)Nc1ccc2c(c1)OC(C)(C)C(O)C2OC(N)=O. The van der Waals surface area contributed by atoms with Crippen molar-refractivity contribution in [1.82, 2.24) is 0 Å². The zero-order valence-corrected chi connectivity index (χ0v) is 12.7. The van der Waals surface area contributed by atoms with E-state index in [1.54, 1.807) is 19.9 Å². The minimum absolute atomic E-state index is 0.280. The number of primary amides is 1. The van der Waals surface area contributed by atoms with E-state index in [0.717, 1.165) is 5.69 Å². The highest BCUT2D eigenvalue weighted by molar-refractivity contribution is 5.65.